The van der Waals surface area contributed by atoms with Crippen LogP contribution in [0.4, 0.5) is 0 Å². The smallest absolute Gasteiger partial charge is 0.217 e. The van der Waals surface area contributed by atoms with Gasteiger partial charge in [0.2, 0.25) is 10.4 Å². The summed E-state index contributed by atoms with van der Waals surface area (Å²) in [6.07, 6.45) is 23.5. The van der Waals surface area contributed by atoms with Crippen molar-refractivity contribution in [3.63, 3.8) is 0 Å². The molecule has 0 heterocycles. The first kappa shape index (κ1) is 35.7. The molecule has 7 nitrogen and oxygen atoms in total. The normalized spacial score (nSPS) is 12.2. The van der Waals surface area contributed by atoms with Gasteiger partial charge >= 0.3 is 0 Å². The van der Waals surface area contributed by atoms with Gasteiger partial charge in [-0.2, -0.15) is 0 Å². The van der Waals surface area contributed by atoms with E-state index >= 15 is 0 Å². The van der Waals surface area contributed by atoms with Crippen molar-refractivity contribution in [3.05, 3.63) is 12.2 Å². The van der Waals surface area contributed by atoms with Crippen molar-refractivity contribution < 1.29 is 31.8 Å². The SMILES string of the molecule is CCCCCCCC/C=C\CCCCCCCC[N+](CC)(CCO)CCO.CCOS(=O)(=O)[O-]. The summed E-state index contributed by atoms with van der Waals surface area (Å²) < 4.78 is 32.9. The summed E-state index contributed by atoms with van der Waals surface area (Å²) in [5.41, 5.74) is 0. The first-order valence-electron chi connectivity index (χ1n) is 13.6. The van der Waals surface area contributed by atoms with E-state index in [2.05, 4.69) is 30.2 Å². The predicted octanol–water partition coefficient (Wildman–Crippen LogP) is 5.33. The summed E-state index contributed by atoms with van der Waals surface area (Å²) in [6, 6.07) is 0. The molecule has 0 saturated heterocycles. The first-order valence-corrected chi connectivity index (χ1v) is 15.0. The molecule has 8 heteroatoms. The number of likely N-dealkylation sites (N-methyl/N-ethyl adjacent to an activating group) is 1. The van der Waals surface area contributed by atoms with Crippen molar-refractivity contribution >= 4 is 10.4 Å². The monoisotopic (exact) mass is 509 g/mol. The maximum atomic E-state index is 9.45. The minimum Gasteiger partial charge on any atom is -0.726 e. The Bertz CT molecular complexity index is 533. The van der Waals surface area contributed by atoms with Crippen LogP contribution in [-0.2, 0) is 14.6 Å². The Kier molecular flexibility index (Phi) is 26.8. The second kappa shape index (κ2) is 25.6. The van der Waals surface area contributed by atoms with Crippen molar-refractivity contribution in [2.45, 2.75) is 111 Å². The van der Waals surface area contributed by atoms with E-state index in [0.29, 0.717) is 0 Å². The number of nitrogens with zero attached hydrogens (tertiary/aromatic N) is 1. The van der Waals surface area contributed by atoms with E-state index in [1.54, 1.807) is 0 Å². The molecule has 0 saturated carbocycles. The van der Waals surface area contributed by atoms with Gasteiger partial charge in [-0.1, -0.05) is 70.4 Å². The second-order valence-electron chi connectivity index (χ2n) is 9.03. The quantitative estimate of drug-likeness (QED) is 0.0634. The summed E-state index contributed by atoms with van der Waals surface area (Å²) >= 11 is 0. The molecule has 0 atom stereocenters. The molecule has 0 amide bonds. The fraction of sp³-hybridized carbons (Fsp3) is 0.923. The lowest BCUT2D eigenvalue weighted by Gasteiger charge is -2.37. The summed E-state index contributed by atoms with van der Waals surface area (Å²) in [5.74, 6) is 0. The third kappa shape index (κ3) is 26.1. The van der Waals surface area contributed by atoms with E-state index in [1.165, 1.54) is 96.8 Å². The summed E-state index contributed by atoms with van der Waals surface area (Å²) in [6.45, 7) is 9.89. The molecule has 0 spiro atoms. The van der Waals surface area contributed by atoms with Crippen LogP contribution in [0.1, 0.15) is 111 Å². The van der Waals surface area contributed by atoms with E-state index in [9.17, 15) is 23.2 Å². The first-order chi connectivity index (χ1) is 16.3. The number of hydrogen-bond acceptors (Lipinski definition) is 6. The molecule has 0 radical (unpaired) electrons. The Morgan fingerprint density at radius 2 is 1.15 bits per heavy atom. The third-order valence-electron chi connectivity index (χ3n) is 6.23. The second-order valence-corrected chi connectivity index (χ2v) is 10.1. The van der Waals surface area contributed by atoms with Gasteiger partial charge in [-0.05, 0) is 52.4 Å². The molecule has 0 aliphatic carbocycles. The van der Waals surface area contributed by atoms with E-state index in [0.717, 1.165) is 30.7 Å². The highest BCUT2D eigenvalue weighted by Crippen LogP contribution is 2.13. The average molecular weight is 510 g/mol. The molecule has 0 aromatic rings. The molecule has 0 aromatic carbocycles. The molecule has 0 aliphatic rings. The van der Waals surface area contributed by atoms with Crippen LogP contribution in [0, 0.1) is 0 Å². The highest BCUT2D eigenvalue weighted by Gasteiger charge is 2.23. The molecule has 0 aromatic heterocycles. The van der Waals surface area contributed by atoms with Crippen LogP contribution in [0.2, 0.25) is 0 Å². The van der Waals surface area contributed by atoms with Crippen LogP contribution in [0.5, 0.6) is 0 Å². The summed E-state index contributed by atoms with van der Waals surface area (Å²) in [5, 5.41) is 18.6. The summed E-state index contributed by atoms with van der Waals surface area (Å²) in [4.78, 5) is 0. The van der Waals surface area contributed by atoms with E-state index < -0.39 is 10.4 Å². The van der Waals surface area contributed by atoms with Gasteiger partial charge in [0.05, 0.1) is 32.9 Å². The standard InChI is InChI=1S/C24H50NO2.C2H6O4S/c1-3-5-6-7-8-9-10-11-12-13-14-15-16-17-18-19-20-25(4-2,21-23-26)22-24-27;1-2-6-7(3,4)5/h11-12,26-27H,3-10,13-24H2,1-2H3;2H2,1H3,(H,3,4,5)/q+1;/p-1/b12-11-;. The molecule has 0 aliphatic heterocycles. The lowest BCUT2D eigenvalue weighted by molar-refractivity contribution is -0.927. The number of rotatable bonds is 23. The highest BCUT2D eigenvalue weighted by atomic mass is 32.3. The Balaban J connectivity index is 0. The maximum absolute atomic E-state index is 9.45. The van der Waals surface area contributed by atoms with Crippen LogP contribution in [0.15, 0.2) is 12.2 Å². The fourth-order valence-corrected chi connectivity index (χ4v) is 4.36. The molecule has 34 heavy (non-hydrogen) atoms. The van der Waals surface area contributed by atoms with Crippen LogP contribution in [0.3, 0.4) is 0 Å². The zero-order valence-electron chi connectivity index (χ0n) is 22.4. The number of quaternary nitrogens is 1. The number of hydrogen-bond donors (Lipinski definition) is 2. The molecule has 0 bridgehead atoms. The van der Waals surface area contributed by atoms with Crippen molar-refractivity contribution in [3.8, 4) is 0 Å². The van der Waals surface area contributed by atoms with E-state index in [-0.39, 0.29) is 19.8 Å². The summed E-state index contributed by atoms with van der Waals surface area (Å²) in [7, 11) is -4.42. The maximum Gasteiger partial charge on any atom is 0.217 e. The van der Waals surface area contributed by atoms with E-state index in [4.69, 9.17) is 0 Å². The zero-order chi connectivity index (χ0) is 26.0. The largest absolute Gasteiger partial charge is 0.726 e. The Labute approximate surface area is 211 Å². The number of unbranched alkanes of at least 4 members (excludes halogenated alkanes) is 12. The van der Waals surface area contributed by atoms with Gasteiger partial charge in [0.1, 0.15) is 13.1 Å². The van der Waals surface area contributed by atoms with Crippen molar-refractivity contribution in [1.29, 1.82) is 0 Å². The zero-order valence-corrected chi connectivity index (χ0v) is 23.2. The minimum absolute atomic E-state index is 0.0914. The van der Waals surface area contributed by atoms with E-state index in [1.807, 2.05) is 0 Å². The molecular formula is C26H55NO6S. The van der Waals surface area contributed by atoms with Gasteiger partial charge < -0.3 is 19.2 Å². The Morgan fingerprint density at radius 3 is 1.50 bits per heavy atom. The molecular weight excluding hydrogens is 454 g/mol. The Hall–Kier alpha value is -0.510. The van der Waals surface area contributed by atoms with Crippen molar-refractivity contribution in [2.24, 2.45) is 0 Å². The van der Waals surface area contributed by atoms with Crippen LogP contribution in [-0.4, -0.2) is 73.7 Å². The van der Waals surface area contributed by atoms with Crippen LogP contribution >= 0.6 is 0 Å². The Morgan fingerprint density at radius 1 is 0.706 bits per heavy atom. The van der Waals surface area contributed by atoms with Gasteiger partial charge in [-0.3, -0.25) is 4.18 Å². The average Bonchev–Trinajstić information content (AvgIpc) is 2.78. The van der Waals surface area contributed by atoms with Gasteiger partial charge in [-0.25, -0.2) is 8.42 Å². The van der Waals surface area contributed by atoms with Gasteiger partial charge in [-0.15, -0.1) is 0 Å². The molecule has 2 N–H and O–H groups in total. The highest BCUT2D eigenvalue weighted by molar-refractivity contribution is 7.80. The molecule has 206 valence electrons. The topological polar surface area (TPSA) is 107 Å². The fourth-order valence-electron chi connectivity index (χ4n) is 4.07. The predicted molar refractivity (Wildman–Crippen MR) is 140 cm³/mol. The molecule has 0 fully saturated rings. The van der Waals surface area contributed by atoms with Gasteiger partial charge in [0.15, 0.2) is 0 Å². The number of allylic oxidation sites excluding steroid dienone is 2. The van der Waals surface area contributed by atoms with Gasteiger partial charge in [0.25, 0.3) is 0 Å². The lowest BCUT2D eigenvalue weighted by atomic mass is 10.1. The lowest BCUT2D eigenvalue weighted by Crippen LogP contribution is -2.52. The third-order valence-corrected chi connectivity index (χ3v) is 6.75. The van der Waals surface area contributed by atoms with Crippen molar-refractivity contribution in [2.75, 3.05) is 46.0 Å². The van der Waals surface area contributed by atoms with Crippen molar-refractivity contribution in [1.82, 2.24) is 0 Å². The number of aliphatic hydroxyl groups excluding tert-OH is 2. The number of aliphatic hydroxyl groups is 2. The molecule has 0 unspecified atom stereocenters. The minimum atomic E-state index is -4.42. The molecule has 0 rings (SSSR count). The van der Waals surface area contributed by atoms with Gasteiger partial charge in [0, 0.05) is 0 Å². The van der Waals surface area contributed by atoms with Crippen LogP contribution < -0.4 is 0 Å². The van der Waals surface area contributed by atoms with Crippen LogP contribution in [0.25, 0.3) is 0 Å².